The predicted molar refractivity (Wildman–Crippen MR) is 59.0 cm³/mol. The predicted octanol–water partition coefficient (Wildman–Crippen LogP) is 2.73. The highest BCUT2D eigenvalue weighted by Crippen LogP contribution is 2.13. The minimum absolute atomic E-state index is 0.428. The summed E-state index contributed by atoms with van der Waals surface area (Å²) in [6.45, 7) is 4.53. The van der Waals surface area contributed by atoms with Crippen molar-refractivity contribution < 1.29 is 4.74 Å². The van der Waals surface area contributed by atoms with Crippen LogP contribution in [0.1, 0.15) is 12.5 Å². The van der Waals surface area contributed by atoms with Crippen LogP contribution in [0.4, 0.5) is 5.69 Å². The lowest BCUT2D eigenvalue weighted by atomic mass is 10.2. The molecule has 1 aromatic carbocycles. The smallest absolute Gasteiger partial charge is 0.261 e. The van der Waals surface area contributed by atoms with Gasteiger partial charge in [-0.1, -0.05) is 18.2 Å². The molecule has 0 bridgehead atoms. The molecule has 1 rings (SSSR count). The minimum Gasteiger partial charge on any atom is -0.471 e. The van der Waals surface area contributed by atoms with Crippen LogP contribution in [-0.4, -0.2) is 11.8 Å². The first-order valence-electron chi connectivity index (χ1n) is 4.23. The zero-order valence-electron chi connectivity index (χ0n) is 7.83. The Hall–Kier alpha value is -1.09. The van der Waals surface area contributed by atoms with E-state index < -0.39 is 0 Å². The molecular formula is C10H13NOS. The van der Waals surface area contributed by atoms with Gasteiger partial charge >= 0.3 is 0 Å². The lowest BCUT2D eigenvalue weighted by Crippen LogP contribution is -2.13. The molecule has 0 aliphatic heterocycles. The number of nitrogens with one attached hydrogen (secondary N) is 1. The van der Waals surface area contributed by atoms with Crippen LogP contribution in [-0.2, 0) is 4.74 Å². The van der Waals surface area contributed by atoms with Crippen molar-refractivity contribution in [1.29, 1.82) is 0 Å². The Morgan fingerprint density at radius 1 is 1.46 bits per heavy atom. The number of benzene rings is 1. The van der Waals surface area contributed by atoms with Crippen molar-refractivity contribution in [3.63, 3.8) is 0 Å². The molecule has 1 aromatic rings. The topological polar surface area (TPSA) is 21.3 Å². The lowest BCUT2D eigenvalue weighted by molar-refractivity contribution is 0.335. The Bertz CT molecular complexity index is 299. The number of aryl methyl sites for hydroxylation is 1. The van der Waals surface area contributed by atoms with Crippen LogP contribution < -0.4 is 5.32 Å². The number of ether oxygens (including phenoxy) is 1. The van der Waals surface area contributed by atoms with Gasteiger partial charge in [0.05, 0.1) is 6.61 Å². The van der Waals surface area contributed by atoms with Gasteiger partial charge in [-0.3, -0.25) is 0 Å². The average molecular weight is 195 g/mol. The van der Waals surface area contributed by atoms with Crippen LogP contribution in [0, 0.1) is 6.92 Å². The zero-order valence-corrected chi connectivity index (χ0v) is 8.65. The van der Waals surface area contributed by atoms with Gasteiger partial charge in [0.1, 0.15) is 0 Å². The Morgan fingerprint density at radius 3 is 2.77 bits per heavy atom. The SMILES string of the molecule is CCOC(=S)Nc1ccccc1C. The Kier molecular flexibility index (Phi) is 3.71. The van der Waals surface area contributed by atoms with Crippen LogP contribution in [0.2, 0.25) is 0 Å². The normalized spacial score (nSPS) is 9.38. The second-order valence-electron chi connectivity index (χ2n) is 2.66. The molecule has 0 heterocycles. The summed E-state index contributed by atoms with van der Waals surface area (Å²) in [5, 5.41) is 3.45. The summed E-state index contributed by atoms with van der Waals surface area (Å²) in [6.07, 6.45) is 0. The van der Waals surface area contributed by atoms with Gasteiger partial charge in [-0.05, 0) is 37.7 Å². The van der Waals surface area contributed by atoms with Crippen molar-refractivity contribution in [2.75, 3.05) is 11.9 Å². The zero-order chi connectivity index (χ0) is 9.68. The lowest BCUT2D eigenvalue weighted by Gasteiger charge is -2.09. The van der Waals surface area contributed by atoms with Gasteiger partial charge < -0.3 is 10.1 Å². The standard InChI is InChI=1S/C10H13NOS/c1-3-12-10(13)11-9-7-5-4-6-8(9)2/h4-7H,3H2,1-2H3,(H,11,13). The fourth-order valence-electron chi connectivity index (χ4n) is 0.990. The molecule has 70 valence electrons. The van der Waals surface area contributed by atoms with Gasteiger partial charge in [0.2, 0.25) is 0 Å². The molecule has 13 heavy (non-hydrogen) atoms. The van der Waals surface area contributed by atoms with Crippen LogP contribution in [0.15, 0.2) is 24.3 Å². The van der Waals surface area contributed by atoms with Crippen LogP contribution >= 0.6 is 12.2 Å². The van der Waals surface area contributed by atoms with E-state index >= 15 is 0 Å². The molecule has 0 fully saturated rings. The molecule has 3 heteroatoms. The quantitative estimate of drug-likeness (QED) is 0.733. The number of hydrogen-bond donors (Lipinski definition) is 1. The number of para-hydroxylation sites is 1. The third-order valence-corrected chi connectivity index (χ3v) is 1.88. The molecule has 0 spiro atoms. The molecule has 0 radical (unpaired) electrons. The maximum Gasteiger partial charge on any atom is 0.261 e. The molecular weight excluding hydrogens is 182 g/mol. The fraction of sp³-hybridized carbons (Fsp3) is 0.300. The van der Waals surface area contributed by atoms with E-state index in [1.807, 2.05) is 38.1 Å². The number of hydrogen-bond acceptors (Lipinski definition) is 2. The average Bonchev–Trinajstić information content (AvgIpc) is 2.09. The molecule has 0 saturated heterocycles. The first-order chi connectivity index (χ1) is 6.24. The van der Waals surface area contributed by atoms with Crippen LogP contribution in [0.25, 0.3) is 0 Å². The molecule has 0 amide bonds. The highest BCUT2D eigenvalue weighted by atomic mass is 32.1. The van der Waals surface area contributed by atoms with E-state index in [0.29, 0.717) is 11.8 Å². The maximum atomic E-state index is 5.12. The highest BCUT2D eigenvalue weighted by molar-refractivity contribution is 7.80. The van der Waals surface area contributed by atoms with Crippen molar-refractivity contribution in [3.8, 4) is 0 Å². The molecule has 1 N–H and O–H groups in total. The van der Waals surface area contributed by atoms with Crippen molar-refractivity contribution in [2.45, 2.75) is 13.8 Å². The van der Waals surface area contributed by atoms with Crippen molar-refractivity contribution in [1.82, 2.24) is 0 Å². The third kappa shape index (κ3) is 3.03. The largest absolute Gasteiger partial charge is 0.471 e. The van der Waals surface area contributed by atoms with Gasteiger partial charge in [-0.25, -0.2) is 0 Å². The molecule has 2 nitrogen and oxygen atoms in total. The van der Waals surface area contributed by atoms with Gasteiger partial charge in [-0.15, -0.1) is 0 Å². The Morgan fingerprint density at radius 2 is 2.15 bits per heavy atom. The summed E-state index contributed by atoms with van der Waals surface area (Å²) in [7, 11) is 0. The summed E-state index contributed by atoms with van der Waals surface area (Å²) in [6, 6.07) is 7.95. The first-order valence-corrected chi connectivity index (χ1v) is 4.64. The first kappa shape index (κ1) is 9.99. The van der Waals surface area contributed by atoms with Crippen LogP contribution in [0.5, 0.6) is 0 Å². The monoisotopic (exact) mass is 195 g/mol. The number of anilines is 1. The molecule has 0 unspecified atom stereocenters. The van der Waals surface area contributed by atoms with E-state index in [1.54, 1.807) is 0 Å². The second-order valence-corrected chi connectivity index (χ2v) is 3.03. The van der Waals surface area contributed by atoms with E-state index in [2.05, 4.69) is 5.32 Å². The van der Waals surface area contributed by atoms with Crippen LogP contribution in [0.3, 0.4) is 0 Å². The van der Waals surface area contributed by atoms with E-state index in [-0.39, 0.29) is 0 Å². The summed E-state index contributed by atoms with van der Waals surface area (Å²) in [4.78, 5) is 0. The molecule has 0 atom stereocenters. The minimum atomic E-state index is 0.428. The highest BCUT2D eigenvalue weighted by Gasteiger charge is 1.99. The van der Waals surface area contributed by atoms with Gasteiger partial charge in [0, 0.05) is 5.69 Å². The van der Waals surface area contributed by atoms with Crippen molar-refractivity contribution in [2.24, 2.45) is 0 Å². The molecule has 0 aliphatic rings. The van der Waals surface area contributed by atoms with Gasteiger partial charge in [0.25, 0.3) is 5.17 Å². The van der Waals surface area contributed by atoms with E-state index in [4.69, 9.17) is 17.0 Å². The van der Waals surface area contributed by atoms with E-state index in [1.165, 1.54) is 0 Å². The van der Waals surface area contributed by atoms with Gasteiger partial charge in [0.15, 0.2) is 0 Å². The van der Waals surface area contributed by atoms with E-state index in [9.17, 15) is 0 Å². The number of thiocarbonyl (C=S) groups is 1. The maximum absolute atomic E-state index is 5.12. The van der Waals surface area contributed by atoms with Crippen molar-refractivity contribution >= 4 is 23.1 Å². The summed E-state index contributed by atoms with van der Waals surface area (Å²) in [5.41, 5.74) is 2.16. The Labute approximate surface area is 83.9 Å². The summed E-state index contributed by atoms with van der Waals surface area (Å²) < 4.78 is 5.12. The number of rotatable bonds is 2. The second kappa shape index (κ2) is 4.82. The Balaban J connectivity index is 2.63. The third-order valence-electron chi connectivity index (χ3n) is 1.66. The molecule has 0 aromatic heterocycles. The fourth-order valence-corrected chi connectivity index (χ4v) is 1.22. The van der Waals surface area contributed by atoms with E-state index in [0.717, 1.165) is 11.3 Å². The summed E-state index contributed by atoms with van der Waals surface area (Å²) >= 11 is 4.96. The summed E-state index contributed by atoms with van der Waals surface area (Å²) in [5.74, 6) is 0. The van der Waals surface area contributed by atoms with Gasteiger partial charge in [-0.2, -0.15) is 0 Å². The van der Waals surface area contributed by atoms with Crippen molar-refractivity contribution in [3.05, 3.63) is 29.8 Å². The molecule has 0 aliphatic carbocycles. The molecule has 0 saturated carbocycles.